The van der Waals surface area contributed by atoms with Gasteiger partial charge in [-0.2, -0.15) is 5.10 Å². The molecule has 1 aliphatic heterocycles. The maximum absolute atomic E-state index is 12.7. The molecule has 0 amide bonds. The van der Waals surface area contributed by atoms with Crippen LogP contribution >= 0.6 is 0 Å². The lowest BCUT2D eigenvalue weighted by molar-refractivity contribution is -0.0902. The van der Waals surface area contributed by atoms with E-state index in [1.54, 1.807) is 0 Å². The van der Waals surface area contributed by atoms with E-state index in [9.17, 15) is 4.79 Å². The zero-order valence-corrected chi connectivity index (χ0v) is 16.3. The van der Waals surface area contributed by atoms with E-state index in [0.717, 1.165) is 34.5 Å². The van der Waals surface area contributed by atoms with Gasteiger partial charge in [0.1, 0.15) is 0 Å². The average molecular weight is 370 g/mol. The van der Waals surface area contributed by atoms with Crippen LogP contribution in [0.1, 0.15) is 60.9 Å². The second kappa shape index (κ2) is 8.53. The molecule has 2 aromatic rings. The van der Waals surface area contributed by atoms with Gasteiger partial charge in [0.25, 0.3) is 0 Å². The van der Waals surface area contributed by atoms with Crippen molar-refractivity contribution in [3.05, 3.63) is 29.5 Å². The molecule has 1 atom stereocenters. The molecule has 0 radical (unpaired) electrons. The zero-order valence-electron chi connectivity index (χ0n) is 16.3. The molecule has 0 bridgehead atoms. The Morgan fingerprint density at radius 1 is 1.22 bits per heavy atom. The van der Waals surface area contributed by atoms with Crippen LogP contribution < -0.4 is 0 Å². The van der Waals surface area contributed by atoms with Gasteiger partial charge < -0.3 is 9.47 Å². The number of nitrogens with zero attached hydrogens (tertiary/aromatic N) is 2. The number of benzene rings is 1. The van der Waals surface area contributed by atoms with E-state index in [0.29, 0.717) is 32.7 Å². The van der Waals surface area contributed by atoms with Crippen molar-refractivity contribution in [1.82, 2.24) is 9.78 Å². The first-order valence-electron chi connectivity index (χ1n) is 10.4. The fourth-order valence-corrected chi connectivity index (χ4v) is 4.44. The molecule has 0 spiro atoms. The van der Waals surface area contributed by atoms with E-state index < -0.39 is 0 Å². The monoisotopic (exact) mass is 370 g/mol. The smallest absolute Gasteiger partial charge is 0.163 e. The standard InChI is InChI=1S/C22H30N2O3/c1-16-20(21(25)10-8-19-15-26-11-12-27-19)9-7-18-14-24(23-22(16)18)13-17-5-3-2-4-6-17/h7,9,14,17,19H,2-6,8,10-13,15H2,1H3. The molecular weight excluding hydrogens is 340 g/mol. The SMILES string of the molecule is Cc1c(C(=O)CCC2COCCO2)ccc2cn(CC3CCCCC3)nc12. The minimum absolute atomic E-state index is 0.0430. The largest absolute Gasteiger partial charge is 0.376 e. The third-order valence-electron chi connectivity index (χ3n) is 6.03. The summed E-state index contributed by atoms with van der Waals surface area (Å²) in [4.78, 5) is 12.7. The molecule has 1 aromatic heterocycles. The van der Waals surface area contributed by atoms with Gasteiger partial charge in [0.2, 0.25) is 0 Å². The van der Waals surface area contributed by atoms with Gasteiger partial charge in [-0.05, 0) is 37.7 Å². The van der Waals surface area contributed by atoms with Crippen LogP contribution in [-0.4, -0.2) is 41.5 Å². The Morgan fingerprint density at radius 3 is 2.85 bits per heavy atom. The van der Waals surface area contributed by atoms with E-state index in [4.69, 9.17) is 14.6 Å². The van der Waals surface area contributed by atoms with E-state index in [1.165, 1.54) is 32.1 Å². The summed E-state index contributed by atoms with van der Waals surface area (Å²) in [6.45, 7) is 4.90. The normalized spacial score (nSPS) is 21.6. The first-order valence-corrected chi connectivity index (χ1v) is 10.4. The first kappa shape index (κ1) is 18.6. The lowest BCUT2D eigenvalue weighted by atomic mass is 9.89. The number of carbonyl (C=O) groups excluding carboxylic acids is 1. The highest BCUT2D eigenvalue weighted by atomic mass is 16.6. The molecule has 5 heteroatoms. The van der Waals surface area contributed by atoms with Crippen molar-refractivity contribution >= 4 is 16.7 Å². The zero-order chi connectivity index (χ0) is 18.6. The summed E-state index contributed by atoms with van der Waals surface area (Å²) in [6, 6.07) is 4.00. The van der Waals surface area contributed by atoms with Crippen molar-refractivity contribution in [2.45, 2.75) is 64.5 Å². The van der Waals surface area contributed by atoms with Crippen molar-refractivity contribution in [3.63, 3.8) is 0 Å². The fourth-order valence-electron chi connectivity index (χ4n) is 4.44. The molecule has 0 N–H and O–H groups in total. The third kappa shape index (κ3) is 4.41. The lowest BCUT2D eigenvalue weighted by Crippen LogP contribution is -2.29. The van der Waals surface area contributed by atoms with E-state index in [1.807, 2.05) is 19.1 Å². The van der Waals surface area contributed by atoms with Gasteiger partial charge in [-0.3, -0.25) is 9.48 Å². The number of rotatable bonds is 6. The number of fused-ring (bicyclic) bond motifs is 1. The van der Waals surface area contributed by atoms with Crippen molar-refractivity contribution in [3.8, 4) is 0 Å². The molecule has 1 aliphatic carbocycles. The molecule has 1 aromatic carbocycles. The summed E-state index contributed by atoms with van der Waals surface area (Å²) in [7, 11) is 0. The number of aryl methyl sites for hydroxylation is 1. The van der Waals surface area contributed by atoms with Gasteiger partial charge >= 0.3 is 0 Å². The topological polar surface area (TPSA) is 53.4 Å². The minimum atomic E-state index is 0.0430. The molecule has 27 heavy (non-hydrogen) atoms. The van der Waals surface area contributed by atoms with Crippen molar-refractivity contribution in [2.24, 2.45) is 5.92 Å². The van der Waals surface area contributed by atoms with Crippen LogP contribution in [0.2, 0.25) is 0 Å². The van der Waals surface area contributed by atoms with Gasteiger partial charge in [-0.25, -0.2) is 0 Å². The summed E-state index contributed by atoms with van der Waals surface area (Å²) in [6.07, 6.45) is 10.1. The number of ether oxygens (including phenoxy) is 2. The Balaban J connectivity index is 1.45. The lowest BCUT2D eigenvalue weighted by Gasteiger charge is -2.22. The average Bonchev–Trinajstić information content (AvgIpc) is 3.11. The predicted octanol–water partition coefficient (Wildman–Crippen LogP) is 4.30. The Bertz CT molecular complexity index is 786. The van der Waals surface area contributed by atoms with Crippen LogP contribution in [0.25, 0.3) is 10.9 Å². The Kier molecular flexibility index (Phi) is 5.89. The molecule has 2 heterocycles. The summed E-state index contributed by atoms with van der Waals surface area (Å²) >= 11 is 0. The van der Waals surface area contributed by atoms with Crippen molar-refractivity contribution < 1.29 is 14.3 Å². The Morgan fingerprint density at radius 2 is 2.07 bits per heavy atom. The van der Waals surface area contributed by atoms with Gasteiger partial charge in [0.15, 0.2) is 5.78 Å². The first-order chi connectivity index (χ1) is 13.2. The van der Waals surface area contributed by atoms with E-state index in [2.05, 4.69) is 10.9 Å². The number of aromatic nitrogens is 2. The maximum Gasteiger partial charge on any atom is 0.163 e. The molecule has 2 aliphatic rings. The Labute approximate surface area is 161 Å². The molecular formula is C22H30N2O3. The predicted molar refractivity (Wildman–Crippen MR) is 105 cm³/mol. The quantitative estimate of drug-likeness (QED) is 0.711. The van der Waals surface area contributed by atoms with Gasteiger partial charge in [-0.1, -0.05) is 31.4 Å². The van der Waals surface area contributed by atoms with Crippen LogP contribution in [0.3, 0.4) is 0 Å². The van der Waals surface area contributed by atoms with Crippen LogP contribution in [-0.2, 0) is 16.0 Å². The second-order valence-corrected chi connectivity index (χ2v) is 8.06. The summed E-state index contributed by atoms with van der Waals surface area (Å²) < 4.78 is 13.2. The molecule has 4 rings (SSSR count). The molecule has 1 saturated heterocycles. The maximum atomic E-state index is 12.7. The second-order valence-electron chi connectivity index (χ2n) is 8.06. The van der Waals surface area contributed by atoms with Gasteiger partial charge in [0, 0.05) is 30.1 Å². The highest BCUT2D eigenvalue weighted by molar-refractivity contribution is 6.01. The van der Waals surface area contributed by atoms with Crippen molar-refractivity contribution in [1.29, 1.82) is 0 Å². The summed E-state index contributed by atoms with van der Waals surface area (Å²) in [5, 5.41) is 5.95. The third-order valence-corrected chi connectivity index (χ3v) is 6.03. The van der Waals surface area contributed by atoms with Crippen LogP contribution in [0.4, 0.5) is 0 Å². The molecule has 1 unspecified atom stereocenters. The van der Waals surface area contributed by atoms with Crippen LogP contribution in [0, 0.1) is 12.8 Å². The molecule has 5 nitrogen and oxygen atoms in total. The Hall–Kier alpha value is -1.72. The number of carbonyl (C=O) groups is 1. The molecule has 146 valence electrons. The highest BCUT2D eigenvalue weighted by Crippen LogP contribution is 2.27. The molecule has 1 saturated carbocycles. The number of ketones is 1. The minimum Gasteiger partial charge on any atom is -0.376 e. The fraction of sp³-hybridized carbons (Fsp3) is 0.636. The highest BCUT2D eigenvalue weighted by Gasteiger charge is 2.19. The molecule has 2 fully saturated rings. The summed E-state index contributed by atoms with van der Waals surface area (Å²) in [5.41, 5.74) is 2.76. The van der Waals surface area contributed by atoms with E-state index in [-0.39, 0.29) is 11.9 Å². The number of Topliss-reactive ketones (excluding diaryl/α,β-unsaturated/α-hetero) is 1. The van der Waals surface area contributed by atoms with Crippen LogP contribution in [0.5, 0.6) is 0 Å². The number of hydrogen-bond donors (Lipinski definition) is 0. The van der Waals surface area contributed by atoms with E-state index >= 15 is 0 Å². The van der Waals surface area contributed by atoms with Crippen LogP contribution in [0.15, 0.2) is 18.3 Å². The van der Waals surface area contributed by atoms with Crippen molar-refractivity contribution in [2.75, 3.05) is 19.8 Å². The summed E-state index contributed by atoms with van der Waals surface area (Å²) in [5.74, 6) is 0.914. The van der Waals surface area contributed by atoms with Gasteiger partial charge in [-0.15, -0.1) is 0 Å². The van der Waals surface area contributed by atoms with Gasteiger partial charge in [0.05, 0.1) is 31.4 Å². The number of hydrogen-bond acceptors (Lipinski definition) is 4.